The van der Waals surface area contributed by atoms with Crippen molar-refractivity contribution in [1.82, 2.24) is 4.90 Å². The smallest absolute Gasteiger partial charge is 0.339 e. The summed E-state index contributed by atoms with van der Waals surface area (Å²) in [6.45, 7) is 0.269. The van der Waals surface area contributed by atoms with Crippen molar-refractivity contribution in [1.29, 1.82) is 0 Å². The molecule has 3 aromatic carbocycles. The van der Waals surface area contributed by atoms with Crippen LogP contribution in [0, 0.1) is 5.82 Å². The zero-order chi connectivity index (χ0) is 25.7. The summed E-state index contributed by atoms with van der Waals surface area (Å²) in [5.74, 6) is -0.679. The Morgan fingerprint density at radius 1 is 1.00 bits per heavy atom. The van der Waals surface area contributed by atoms with E-state index in [4.69, 9.17) is 24.9 Å². The average Bonchev–Trinajstić information content (AvgIpc) is 3.37. The summed E-state index contributed by atoms with van der Waals surface area (Å²) in [5.41, 5.74) is 0.915. The first-order chi connectivity index (χ1) is 17.3. The number of ether oxygens (including phenoxy) is 1. The molecule has 7 nitrogen and oxygen atoms in total. The topological polar surface area (TPSA) is 86.1 Å². The highest BCUT2D eigenvalue weighted by molar-refractivity contribution is 7.87. The van der Waals surface area contributed by atoms with Crippen LogP contribution in [0.15, 0.2) is 94.4 Å². The van der Waals surface area contributed by atoms with E-state index in [0.717, 1.165) is 6.07 Å². The quantitative estimate of drug-likeness (QED) is 0.259. The molecule has 0 saturated heterocycles. The predicted octanol–water partition coefficient (Wildman–Crippen LogP) is 5.69. The minimum atomic E-state index is -4.32. The van der Waals surface area contributed by atoms with Gasteiger partial charge in [0.15, 0.2) is 11.6 Å². The number of halogens is 2. The van der Waals surface area contributed by atoms with E-state index in [1.807, 2.05) is 0 Å². The van der Waals surface area contributed by atoms with Gasteiger partial charge < -0.3 is 18.2 Å². The maximum absolute atomic E-state index is 14.0. The number of carbonyl (C=O) groups excluding carboxylic acids is 1. The molecule has 0 N–H and O–H groups in total. The molecule has 0 aliphatic rings. The standard InChI is InChI=1S/C26H21ClFNO6S/c1-33-25-12-11-21(15-24(25)28)36(31,32)35-19-7-4-6-18(14-19)16-29(17-20-8-5-13-34-20)26(30)22-9-2-3-10-23(22)27/h2-15H,16-17H2,1H3. The molecule has 10 heteroatoms. The number of hydrogen-bond donors (Lipinski definition) is 0. The Bertz CT molecular complexity index is 1470. The van der Waals surface area contributed by atoms with Gasteiger partial charge in [-0.25, -0.2) is 4.39 Å². The predicted molar refractivity (Wildman–Crippen MR) is 131 cm³/mol. The molecule has 4 aromatic rings. The van der Waals surface area contributed by atoms with E-state index in [2.05, 4.69) is 0 Å². The highest BCUT2D eigenvalue weighted by atomic mass is 35.5. The first-order valence-corrected chi connectivity index (χ1v) is 12.5. The Balaban J connectivity index is 1.58. The van der Waals surface area contributed by atoms with E-state index in [1.54, 1.807) is 48.5 Å². The van der Waals surface area contributed by atoms with Crippen LogP contribution in [0.25, 0.3) is 0 Å². The van der Waals surface area contributed by atoms with Gasteiger partial charge in [-0.15, -0.1) is 0 Å². The van der Waals surface area contributed by atoms with Crippen molar-refractivity contribution in [2.75, 3.05) is 7.11 Å². The van der Waals surface area contributed by atoms with Crippen LogP contribution in [-0.2, 0) is 23.2 Å². The van der Waals surface area contributed by atoms with Crippen molar-refractivity contribution >= 4 is 27.6 Å². The van der Waals surface area contributed by atoms with Gasteiger partial charge in [0.1, 0.15) is 16.4 Å². The summed E-state index contributed by atoms with van der Waals surface area (Å²) in [4.78, 5) is 14.5. The van der Waals surface area contributed by atoms with E-state index in [0.29, 0.717) is 21.9 Å². The number of carbonyl (C=O) groups is 1. The van der Waals surface area contributed by atoms with Crippen LogP contribution in [0.4, 0.5) is 4.39 Å². The lowest BCUT2D eigenvalue weighted by Crippen LogP contribution is -2.30. The van der Waals surface area contributed by atoms with Crippen LogP contribution in [-0.4, -0.2) is 26.3 Å². The molecule has 1 aromatic heterocycles. The summed E-state index contributed by atoms with van der Waals surface area (Å²) in [5, 5.41) is 0.307. The highest BCUT2D eigenvalue weighted by Crippen LogP contribution is 2.26. The number of amides is 1. The second-order valence-corrected chi connectivity index (χ2v) is 9.66. The number of methoxy groups -OCH3 is 1. The monoisotopic (exact) mass is 529 g/mol. The third-order valence-electron chi connectivity index (χ3n) is 5.21. The van der Waals surface area contributed by atoms with Crippen LogP contribution < -0.4 is 8.92 Å². The lowest BCUT2D eigenvalue weighted by atomic mass is 10.1. The molecule has 0 aliphatic heterocycles. The lowest BCUT2D eigenvalue weighted by Gasteiger charge is -2.23. The molecule has 0 aliphatic carbocycles. The Labute approximate surface area is 212 Å². The Morgan fingerprint density at radius 3 is 2.50 bits per heavy atom. The number of hydrogen-bond acceptors (Lipinski definition) is 6. The van der Waals surface area contributed by atoms with E-state index >= 15 is 0 Å². The molecule has 0 unspecified atom stereocenters. The average molecular weight is 530 g/mol. The largest absolute Gasteiger partial charge is 0.494 e. The third kappa shape index (κ3) is 5.87. The van der Waals surface area contributed by atoms with Crippen molar-refractivity contribution < 1.29 is 30.9 Å². The van der Waals surface area contributed by atoms with Gasteiger partial charge in [0.05, 0.1) is 30.5 Å². The molecule has 0 bridgehead atoms. The molecule has 0 spiro atoms. The normalized spacial score (nSPS) is 11.2. The van der Waals surface area contributed by atoms with Crippen LogP contribution in [0.2, 0.25) is 5.02 Å². The van der Waals surface area contributed by atoms with E-state index < -0.39 is 15.9 Å². The van der Waals surface area contributed by atoms with Crippen molar-refractivity contribution in [2.24, 2.45) is 0 Å². The van der Waals surface area contributed by atoms with Gasteiger partial charge in [0.25, 0.3) is 5.91 Å². The zero-order valence-corrected chi connectivity index (χ0v) is 20.6. The molecule has 36 heavy (non-hydrogen) atoms. The second-order valence-electron chi connectivity index (χ2n) is 7.70. The van der Waals surface area contributed by atoms with Crippen molar-refractivity contribution in [3.8, 4) is 11.5 Å². The van der Waals surface area contributed by atoms with Crippen LogP contribution in [0.5, 0.6) is 11.5 Å². The van der Waals surface area contributed by atoms with Gasteiger partial charge in [-0.2, -0.15) is 8.42 Å². The summed E-state index contributed by atoms with van der Waals surface area (Å²) in [6, 6.07) is 19.6. The van der Waals surface area contributed by atoms with Gasteiger partial charge in [0.2, 0.25) is 0 Å². The maximum atomic E-state index is 14.0. The number of rotatable bonds is 9. The number of benzene rings is 3. The summed E-state index contributed by atoms with van der Waals surface area (Å²) in [6.07, 6.45) is 1.51. The molecule has 0 fully saturated rings. The van der Waals surface area contributed by atoms with Gasteiger partial charge in [0, 0.05) is 6.54 Å². The fourth-order valence-corrected chi connectivity index (χ4v) is 4.64. The first kappa shape index (κ1) is 25.3. The second kappa shape index (κ2) is 10.8. The van der Waals surface area contributed by atoms with E-state index in [-0.39, 0.29) is 35.4 Å². The van der Waals surface area contributed by atoms with Crippen molar-refractivity contribution in [2.45, 2.75) is 18.0 Å². The lowest BCUT2D eigenvalue weighted by molar-refractivity contribution is 0.0717. The SMILES string of the molecule is COc1ccc(S(=O)(=O)Oc2cccc(CN(Cc3ccco3)C(=O)c3ccccc3Cl)c2)cc1F. The summed E-state index contributed by atoms with van der Waals surface area (Å²) < 4.78 is 54.9. The minimum absolute atomic E-state index is 0.00636. The van der Waals surface area contributed by atoms with Gasteiger partial charge in [-0.05, 0) is 60.2 Å². The fraction of sp³-hybridized carbons (Fsp3) is 0.115. The number of furan rings is 1. The van der Waals surface area contributed by atoms with Crippen LogP contribution >= 0.6 is 11.6 Å². The molecule has 0 radical (unpaired) electrons. The van der Waals surface area contributed by atoms with E-state index in [1.165, 1.54) is 42.5 Å². The highest BCUT2D eigenvalue weighted by Gasteiger charge is 2.22. The molecular weight excluding hydrogens is 509 g/mol. The van der Waals surface area contributed by atoms with Gasteiger partial charge in [-0.1, -0.05) is 35.9 Å². The molecule has 4 rings (SSSR count). The Kier molecular flexibility index (Phi) is 7.61. The fourth-order valence-electron chi connectivity index (χ4n) is 3.49. The van der Waals surface area contributed by atoms with Crippen LogP contribution in [0.1, 0.15) is 21.7 Å². The molecule has 0 atom stereocenters. The first-order valence-electron chi connectivity index (χ1n) is 10.7. The Morgan fingerprint density at radius 2 is 1.81 bits per heavy atom. The summed E-state index contributed by atoms with van der Waals surface area (Å²) >= 11 is 6.24. The van der Waals surface area contributed by atoms with Crippen molar-refractivity contribution in [3.05, 3.63) is 113 Å². The number of nitrogens with zero attached hydrogens (tertiary/aromatic N) is 1. The van der Waals surface area contributed by atoms with Crippen molar-refractivity contribution in [3.63, 3.8) is 0 Å². The third-order valence-corrected chi connectivity index (χ3v) is 6.78. The molecular formula is C26H21ClFNO6S. The van der Waals surface area contributed by atoms with Gasteiger partial charge in [-0.3, -0.25) is 4.79 Å². The summed E-state index contributed by atoms with van der Waals surface area (Å²) in [7, 11) is -3.04. The molecule has 1 heterocycles. The molecule has 0 saturated carbocycles. The van der Waals surface area contributed by atoms with Gasteiger partial charge >= 0.3 is 10.1 Å². The van der Waals surface area contributed by atoms with E-state index in [9.17, 15) is 17.6 Å². The maximum Gasteiger partial charge on any atom is 0.339 e. The minimum Gasteiger partial charge on any atom is -0.494 e. The Hall–Kier alpha value is -3.82. The van der Waals surface area contributed by atoms with Crippen LogP contribution in [0.3, 0.4) is 0 Å². The zero-order valence-electron chi connectivity index (χ0n) is 19.1. The molecule has 1 amide bonds. The molecule has 186 valence electrons.